The molecule has 1 aliphatic rings. The molecule has 1 unspecified atom stereocenters. The van der Waals surface area contributed by atoms with Gasteiger partial charge in [0.05, 0.1) is 11.0 Å². The van der Waals surface area contributed by atoms with Crippen molar-refractivity contribution in [2.24, 2.45) is 0 Å². The Morgan fingerprint density at radius 1 is 0.413 bits per heavy atom. The summed E-state index contributed by atoms with van der Waals surface area (Å²) in [5, 5.41) is 3.87. The van der Waals surface area contributed by atoms with Crippen molar-refractivity contribution in [1.82, 2.24) is 24.2 Å². The van der Waals surface area contributed by atoms with Crippen molar-refractivity contribution >= 4 is 34.8 Å². The van der Waals surface area contributed by atoms with Crippen molar-refractivity contribution in [3.05, 3.63) is 164 Å². The molecule has 1 atom stereocenters. The van der Waals surface area contributed by atoms with Gasteiger partial charge >= 0.3 is 0 Å². The van der Waals surface area contributed by atoms with Gasteiger partial charge in [0, 0.05) is 22.3 Å². The SMILES string of the molecule is c1ccc(-c2nc(-c3ccccc3)nc(-c3cccc([Si]4(c5ccccc5)c5ccccc5-c5nc6ccccc6n54)c3)n2)cc1. The number of hydrogen-bond donors (Lipinski definition) is 0. The van der Waals surface area contributed by atoms with E-state index in [1.54, 1.807) is 0 Å². The van der Waals surface area contributed by atoms with E-state index in [1.165, 1.54) is 21.1 Å². The Bertz CT molecular complexity index is 2310. The molecule has 6 aromatic carbocycles. The number of rotatable bonds is 5. The minimum Gasteiger partial charge on any atom is -0.339 e. The molecule has 0 fully saturated rings. The van der Waals surface area contributed by atoms with Crippen molar-refractivity contribution in [2.45, 2.75) is 0 Å². The molecular weight excluding hydrogens is 579 g/mol. The summed E-state index contributed by atoms with van der Waals surface area (Å²) >= 11 is 0. The van der Waals surface area contributed by atoms with E-state index in [0.29, 0.717) is 17.5 Å². The molecule has 3 heterocycles. The molecule has 2 aromatic heterocycles. The zero-order valence-corrected chi connectivity index (χ0v) is 25.8. The maximum absolute atomic E-state index is 5.22. The van der Waals surface area contributed by atoms with E-state index in [4.69, 9.17) is 19.9 Å². The maximum atomic E-state index is 5.22. The van der Waals surface area contributed by atoms with E-state index in [1.807, 2.05) is 60.7 Å². The van der Waals surface area contributed by atoms with Gasteiger partial charge in [-0.3, -0.25) is 0 Å². The predicted octanol–water partition coefficient (Wildman–Crippen LogP) is 6.72. The molecule has 6 heteroatoms. The van der Waals surface area contributed by atoms with Crippen LogP contribution in [-0.2, 0) is 0 Å². The maximum Gasteiger partial charge on any atom is 0.259 e. The fourth-order valence-electron chi connectivity index (χ4n) is 6.90. The quantitative estimate of drug-likeness (QED) is 0.205. The van der Waals surface area contributed by atoms with Crippen LogP contribution < -0.4 is 15.6 Å². The molecule has 216 valence electrons. The Kier molecular flexibility index (Phi) is 6.08. The monoisotopic (exact) mass is 605 g/mol. The molecule has 0 saturated carbocycles. The first-order chi connectivity index (χ1) is 22.8. The molecule has 1 aliphatic heterocycles. The topological polar surface area (TPSA) is 56.5 Å². The molecule has 0 saturated heterocycles. The van der Waals surface area contributed by atoms with E-state index in [2.05, 4.69) is 107 Å². The van der Waals surface area contributed by atoms with Crippen LogP contribution in [0.3, 0.4) is 0 Å². The molecule has 9 rings (SSSR count). The highest BCUT2D eigenvalue weighted by atomic mass is 28.3. The minimum atomic E-state index is -2.87. The summed E-state index contributed by atoms with van der Waals surface area (Å²) in [6, 6.07) is 57.4. The summed E-state index contributed by atoms with van der Waals surface area (Å²) in [7, 11) is -2.87. The van der Waals surface area contributed by atoms with Crippen LogP contribution in [0.15, 0.2) is 164 Å². The third kappa shape index (κ3) is 4.01. The highest BCUT2D eigenvalue weighted by Crippen LogP contribution is 2.35. The highest BCUT2D eigenvalue weighted by molar-refractivity contribution is 7.12. The average molecular weight is 606 g/mol. The number of aromatic nitrogens is 5. The second kappa shape index (κ2) is 10.6. The van der Waals surface area contributed by atoms with Crippen molar-refractivity contribution in [3.8, 4) is 45.6 Å². The van der Waals surface area contributed by atoms with Crippen molar-refractivity contribution in [2.75, 3.05) is 0 Å². The average Bonchev–Trinajstić information content (AvgIpc) is 3.66. The van der Waals surface area contributed by atoms with Crippen LogP contribution in [0.25, 0.3) is 56.6 Å². The second-order valence-electron chi connectivity index (χ2n) is 11.5. The fourth-order valence-corrected chi connectivity index (χ4v) is 11.9. The Balaban J connectivity index is 1.33. The van der Waals surface area contributed by atoms with Gasteiger partial charge in [0.2, 0.25) is 0 Å². The van der Waals surface area contributed by atoms with E-state index >= 15 is 0 Å². The molecule has 0 radical (unpaired) electrons. The largest absolute Gasteiger partial charge is 0.339 e. The highest BCUT2D eigenvalue weighted by Gasteiger charge is 2.50. The molecule has 0 spiro atoms. The van der Waals surface area contributed by atoms with Crippen LogP contribution >= 0.6 is 0 Å². The summed E-state index contributed by atoms with van der Waals surface area (Å²) in [6.45, 7) is 0. The summed E-state index contributed by atoms with van der Waals surface area (Å²) in [4.78, 5) is 20.3. The molecule has 0 aliphatic carbocycles. The van der Waals surface area contributed by atoms with Gasteiger partial charge < -0.3 is 4.23 Å². The van der Waals surface area contributed by atoms with E-state index in [0.717, 1.165) is 33.5 Å². The third-order valence-corrected chi connectivity index (χ3v) is 13.5. The lowest BCUT2D eigenvalue weighted by Crippen LogP contribution is -2.70. The van der Waals surface area contributed by atoms with E-state index < -0.39 is 8.24 Å². The lowest BCUT2D eigenvalue weighted by atomic mass is 10.1. The lowest BCUT2D eigenvalue weighted by Gasteiger charge is -2.32. The van der Waals surface area contributed by atoms with Crippen LogP contribution in [-0.4, -0.2) is 32.4 Å². The molecular formula is C40H27N5Si. The van der Waals surface area contributed by atoms with Gasteiger partial charge in [-0.1, -0.05) is 146 Å². The fraction of sp³-hybridized carbons (Fsp3) is 0. The number of fused-ring (bicyclic) bond motifs is 5. The summed E-state index contributed by atoms with van der Waals surface area (Å²) in [5.74, 6) is 2.97. The Morgan fingerprint density at radius 3 is 1.63 bits per heavy atom. The molecule has 0 bridgehead atoms. The van der Waals surface area contributed by atoms with Gasteiger partial charge in [-0.15, -0.1) is 0 Å². The lowest BCUT2D eigenvalue weighted by molar-refractivity contribution is 1.07. The van der Waals surface area contributed by atoms with Crippen LogP contribution in [0.5, 0.6) is 0 Å². The number of hydrogen-bond acceptors (Lipinski definition) is 4. The predicted molar refractivity (Wildman–Crippen MR) is 188 cm³/mol. The third-order valence-electron chi connectivity index (χ3n) is 8.88. The standard InChI is InChI=1S/C40H27N5Si/c1-4-15-28(16-5-1)37-42-38(29-17-6-2-7-18-29)44-39(43-37)30-19-14-22-32(27-30)46(31-20-8-3-9-21-31)36-26-13-10-23-33(36)40-41-34-24-11-12-25-35(34)45(40)46/h1-27H. The van der Waals surface area contributed by atoms with Crippen LogP contribution in [0.4, 0.5) is 0 Å². The van der Waals surface area contributed by atoms with E-state index in [9.17, 15) is 0 Å². The van der Waals surface area contributed by atoms with Gasteiger partial charge in [0.15, 0.2) is 17.5 Å². The van der Waals surface area contributed by atoms with Crippen LogP contribution in [0.2, 0.25) is 0 Å². The van der Waals surface area contributed by atoms with E-state index in [-0.39, 0.29) is 0 Å². The first-order valence-corrected chi connectivity index (χ1v) is 17.4. The Labute approximate surface area is 267 Å². The van der Waals surface area contributed by atoms with Gasteiger partial charge in [0.25, 0.3) is 8.24 Å². The van der Waals surface area contributed by atoms with Gasteiger partial charge in [-0.05, 0) is 33.8 Å². The normalized spacial score (nSPS) is 15.0. The number of imidazole rings is 1. The first kappa shape index (κ1) is 26.4. The number of para-hydroxylation sites is 2. The smallest absolute Gasteiger partial charge is 0.259 e. The zero-order chi connectivity index (χ0) is 30.5. The number of nitrogens with zero attached hydrogens (tertiary/aromatic N) is 5. The first-order valence-electron chi connectivity index (χ1n) is 15.4. The molecule has 0 N–H and O–H groups in total. The Hall–Kier alpha value is -5.98. The van der Waals surface area contributed by atoms with Gasteiger partial charge in [0.1, 0.15) is 5.82 Å². The van der Waals surface area contributed by atoms with Crippen molar-refractivity contribution in [1.29, 1.82) is 0 Å². The van der Waals surface area contributed by atoms with Gasteiger partial charge in [-0.25, -0.2) is 19.9 Å². The Morgan fingerprint density at radius 2 is 0.935 bits per heavy atom. The van der Waals surface area contributed by atoms with Crippen molar-refractivity contribution in [3.63, 3.8) is 0 Å². The van der Waals surface area contributed by atoms with Gasteiger partial charge in [-0.2, -0.15) is 0 Å². The summed E-state index contributed by atoms with van der Waals surface area (Å²) in [5.41, 5.74) is 6.20. The van der Waals surface area contributed by atoms with Crippen molar-refractivity contribution < 1.29 is 0 Å². The molecule has 0 amide bonds. The zero-order valence-electron chi connectivity index (χ0n) is 24.8. The molecule has 5 nitrogen and oxygen atoms in total. The molecule has 46 heavy (non-hydrogen) atoms. The summed E-state index contributed by atoms with van der Waals surface area (Å²) < 4.78 is 2.56. The summed E-state index contributed by atoms with van der Waals surface area (Å²) in [6.07, 6.45) is 0. The van der Waals surface area contributed by atoms with Crippen LogP contribution in [0, 0.1) is 0 Å². The van der Waals surface area contributed by atoms with Crippen LogP contribution in [0.1, 0.15) is 0 Å². The number of benzene rings is 6. The molecule has 8 aromatic rings. The minimum absolute atomic E-state index is 0.647. The second-order valence-corrected chi connectivity index (χ2v) is 15.1.